The fourth-order valence-electron chi connectivity index (χ4n) is 2.56. The van der Waals surface area contributed by atoms with Gasteiger partial charge in [-0.25, -0.2) is 17.2 Å². The summed E-state index contributed by atoms with van der Waals surface area (Å²) in [6, 6.07) is 14.9. The van der Waals surface area contributed by atoms with E-state index >= 15 is 0 Å². The number of nitrogens with one attached hydrogen (secondary N) is 2. The highest BCUT2D eigenvalue weighted by Crippen LogP contribution is 2.24. The lowest BCUT2D eigenvalue weighted by molar-refractivity contribution is -0.113. The van der Waals surface area contributed by atoms with Crippen LogP contribution in [0.1, 0.15) is 5.56 Å². The fourth-order valence-corrected chi connectivity index (χ4v) is 4.79. The lowest BCUT2D eigenvalue weighted by Crippen LogP contribution is -2.15. The summed E-state index contributed by atoms with van der Waals surface area (Å²) in [5.74, 6) is -0.913. The van der Waals surface area contributed by atoms with Crippen molar-refractivity contribution in [3.8, 4) is 0 Å². The Morgan fingerprint density at radius 2 is 1.58 bits per heavy atom. The molecule has 0 unspecified atom stereocenters. The van der Waals surface area contributed by atoms with Gasteiger partial charge in [-0.2, -0.15) is 0 Å². The minimum absolute atomic E-state index is 0.0154. The van der Waals surface area contributed by atoms with Gasteiger partial charge in [-0.15, -0.1) is 11.8 Å². The molecule has 2 N–H and O–H groups in total. The summed E-state index contributed by atoms with van der Waals surface area (Å²) in [6.45, 7) is 0. The van der Waals surface area contributed by atoms with Crippen molar-refractivity contribution in [3.05, 3.63) is 89.0 Å². The van der Waals surface area contributed by atoms with E-state index < -0.39 is 21.7 Å². The molecule has 10 heteroatoms. The summed E-state index contributed by atoms with van der Waals surface area (Å²) >= 11 is 7.16. The molecule has 3 rings (SSSR count). The molecule has 0 spiro atoms. The highest BCUT2D eigenvalue weighted by Gasteiger charge is 2.15. The number of halogens is 3. The van der Waals surface area contributed by atoms with Crippen LogP contribution >= 0.6 is 23.4 Å². The maximum atomic E-state index is 13.7. The summed E-state index contributed by atoms with van der Waals surface area (Å²) in [4.78, 5) is 12.1. The Kier molecular flexibility index (Phi) is 7.53. The summed E-state index contributed by atoms with van der Waals surface area (Å²) in [5.41, 5.74) is 0.978. The van der Waals surface area contributed by atoms with Crippen molar-refractivity contribution in [1.29, 1.82) is 0 Å². The maximum Gasteiger partial charge on any atom is 0.261 e. The fraction of sp³-hybridized carbons (Fsp3) is 0.0952. The van der Waals surface area contributed by atoms with Crippen LogP contribution in [-0.4, -0.2) is 20.1 Å². The minimum Gasteiger partial charge on any atom is -0.325 e. The van der Waals surface area contributed by atoms with E-state index in [-0.39, 0.29) is 28.0 Å². The monoisotopic (exact) mass is 482 g/mol. The van der Waals surface area contributed by atoms with Crippen molar-refractivity contribution < 1.29 is 22.0 Å². The third-order valence-corrected chi connectivity index (χ3v) is 6.80. The van der Waals surface area contributed by atoms with Gasteiger partial charge in [0, 0.05) is 27.7 Å². The molecule has 0 saturated carbocycles. The standard InChI is InChI=1S/C21H17ClF2N2O3S2/c22-19-2-1-3-20(24)18(19)12-30-13-21(27)25-15-8-10-17(11-9-15)31(28,29)26-16-6-4-14(23)5-7-16/h1-11,26H,12-13H2,(H,25,27). The van der Waals surface area contributed by atoms with Gasteiger partial charge in [-0.05, 0) is 60.7 Å². The van der Waals surface area contributed by atoms with Crippen molar-refractivity contribution >= 4 is 50.7 Å². The van der Waals surface area contributed by atoms with Crippen molar-refractivity contribution in [2.24, 2.45) is 0 Å². The van der Waals surface area contributed by atoms with Gasteiger partial charge in [0.05, 0.1) is 10.6 Å². The molecule has 5 nitrogen and oxygen atoms in total. The van der Waals surface area contributed by atoms with Crippen LogP contribution in [0.4, 0.5) is 20.2 Å². The van der Waals surface area contributed by atoms with Gasteiger partial charge >= 0.3 is 0 Å². The van der Waals surface area contributed by atoms with E-state index in [1.165, 1.54) is 60.3 Å². The van der Waals surface area contributed by atoms with Crippen LogP contribution in [0.5, 0.6) is 0 Å². The highest BCUT2D eigenvalue weighted by molar-refractivity contribution is 7.99. The van der Waals surface area contributed by atoms with Crippen molar-refractivity contribution in [3.63, 3.8) is 0 Å². The molecule has 0 radical (unpaired) electrons. The van der Waals surface area contributed by atoms with Gasteiger partial charge in [0.25, 0.3) is 10.0 Å². The topological polar surface area (TPSA) is 75.3 Å². The van der Waals surface area contributed by atoms with Gasteiger partial charge in [0.2, 0.25) is 5.91 Å². The van der Waals surface area contributed by atoms with Gasteiger partial charge in [0.15, 0.2) is 0 Å². The Morgan fingerprint density at radius 1 is 0.935 bits per heavy atom. The SMILES string of the molecule is O=C(CSCc1c(F)cccc1Cl)Nc1ccc(S(=O)(=O)Nc2ccc(F)cc2)cc1. The van der Waals surface area contributed by atoms with E-state index in [4.69, 9.17) is 11.6 Å². The summed E-state index contributed by atoms with van der Waals surface area (Å²) in [6.07, 6.45) is 0. The van der Waals surface area contributed by atoms with Gasteiger partial charge in [-0.1, -0.05) is 17.7 Å². The number of amides is 1. The number of anilines is 2. The number of sulfonamides is 1. The highest BCUT2D eigenvalue weighted by atomic mass is 35.5. The number of hydrogen-bond acceptors (Lipinski definition) is 4. The van der Waals surface area contributed by atoms with Crippen LogP contribution in [0.25, 0.3) is 0 Å². The van der Waals surface area contributed by atoms with Crippen LogP contribution in [0.3, 0.4) is 0 Å². The lowest BCUT2D eigenvalue weighted by Gasteiger charge is -2.10. The summed E-state index contributed by atoms with van der Waals surface area (Å²) in [5, 5.41) is 2.95. The second-order valence-electron chi connectivity index (χ2n) is 6.38. The van der Waals surface area contributed by atoms with E-state index in [0.29, 0.717) is 16.3 Å². The number of hydrogen-bond donors (Lipinski definition) is 2. The molecule has 0 fully saturated rings. The maximum absolute atomic E-state index is 13.7. The Labute approximate surface area is 187 Å². The van der Waals surface area contributed by atoms with Gasteiger partial charge < -0.3 is 5.32 Å². The Bertz CT molecular complexity index is 1150. The second kappa shape index (κ2) is 10.1. The predicted molar refractivity (Wildman–Crippen MR) is 120 cm³/mol. The predicted octanol–water partition coefficient (Wildman–Crippen LogP) is 5.29. The van der Waals surface area contributed by atoms with E-state index in [0.717, 1.165) is 12.1 Å². The molecule has 0 atom stereocenters. The van der Waals surface area contributed by atoms with Crippen LogP contribution in [0, 0.1) is 11.6 Å². The molecule has 0 saturated heterocycles. The molecule has 3 aromatic carbocycles. The molecule has 0 heterocycles. The first-order valence-corrected chi connectivity index (χ1v) is 11.9. The average Bonchev–Trinajstić information content (AvgIpc) is 2.72. The second-order valence-corrected chi connectivity index (χ2v) is 9.45. The number of carbonyl (C=O) groups is 1. The van der Waals surface area contributed by atoms with Crippen molar-refractivity contribution in [2.45, 2.75) is 10.6 Å². The van der Waals surface area contributed by atoms with Gasteiger partial charge in [-0.3, -0.25) is 9.52 Å². The van der Waals surface area contributed by atoms with Crippen LogP contribution in [0.2, 0.25) is 5.02 Å². The molecule has 0 aliphatic rings. The average molecular weight is 483 g/mol. The Morgan fingerprint density at radius 3 is 2.23 bits per heavy atom. The Balaban J connectivity index is 1.54. The van der Waals surface area contributed by atoms with E-state index in [1.807, 2.05) is 0 Å². The van der Waals surface area contributed by atoms with Crippen molar-refractivity contribution in [2.75, 3.05) is 15.8 Å². The number of thioether (sulfide) groups is 1. The molecule has 162 valence electrons. The molecular formula is C21H17ClF2N2O3S2. The normalized spacial score (nSPS) is 11.2. The largest absolute Gasteiger partial charge is 0.325 e. The third-order valence-electron chi connectivity index (χ3n) is 4.09. The minimum atomic E-state index is -3.86. The molecule has 0 aromatic heterocycles. The quantitative estimate of drug-likeness (QED) is 0.457. The van der Waals surface area contributed by atoms with E-state index in [2.05, 4.69) is 10.0 Å². The van der Waals surface area contributed by atoms with E-state index in [9.17, 15) is 22.0 Å². The number of rotatable bonds is 8. The van der Waals surface area contributed by atoms with E-state index in [1.54, 1.807) is 6.07 Å². The molecule has 0 bridgehead atoms. The number of benzene rings is 3. The molecule has 31 heavy (non-hydrogen) atoms. The zero-order chi connectivity index (χ0) is 22.4. The lowest BCUT2D eigenvalue weighted by atomic mass is 10.2. The molecular weight excluding hydrogens is 466 g/mol. The van der Waals surface area contributed by atoms with Crippen molar-refractivity contribution in [1.82, 2.24) is 0 Å². The first-order valence-electron chi connectivity index (χ1n) is 8.93. The zero-order valence-corrected chi connectivity index (χ0v) is 18.3. The number of carbonyl (C=O) groups excluding carboxylic acids is 1. The Hall–Kier alpha value is -2.62. The summed E-state index contributed by atoms with van der Waals surface area (Å²) in [7, 11) is -3.86. The van der Waals surface area contributed by atoms with Crippen LogP contribution in [-0.2, 0) is 20.6 Å². The smallest absolute Gasteiger partial charge is 0.261 e. The molecule has 0 aliphatic heterocycles. The molecule has 3 aromatic rings. The zero-order valence-electron chi connectivity index (χ0n) is 15.9. The van der Waals surface area contributed by atoms with Gasteiger partial charge in [0.1, 0.15) is 11.6 Å². The third kappa shape index (κ3) is 6.43. The first kappa shape index (κ1) is 23.1. The summed E-state index contributed by atoms with van der Waals surface area (Å²) < 4.78 is 53.9. The first-order chi connectivity index (χ1) is 14.7. The van der Waals surface area contributed by atoms with Crippen LogP contribution in [0.15, 0.2) is 71.6 Å². The molecule has 1 amide bonds. The van der Waals surface area contributed by atoms with Crippen LogP contribution < -0.4 is 10.0 Å². The molecule has 0 aliphatic carbocycles.